The Hall–Kier alpha value is -2.57. The fraction of sp³-hybridized carbons (Fsp3) is 0.500. The third kappa shape index (κ3) is 6.17. The van der Waals surface area contributed by atoms with Crippen molar-refractivity contribution in [3.05, 3.63) is 64.7 Å². The number of carbonyl (C=O) groups is 2. The maximum atomic E-state index is 12.9. The summed E-state index contributed by atoms with van der Waals surface area (Å²) < 4.78 is 0. The SMILES string of the molecule is CCC1(CCCN(C)C(=O)[C@](C)(O)c2ccccc2)CCN(c2ccc(C(=O)NC)c(Cl)c2)CC1. The highest BCUT2D eigenvalue weighted by molar-refractivity contribution is 6.34. The molecule has 35 heavy (non-hydrogen) atoms. The highest BCUT2D eigenvalue weighted by atomic mass is 35.5. The summed E-state index contributed by atoms with van der Waals surface area (Å²) in [5.41, 5.74) is 0.855. The standard InChI is InChI=1S/C28H38ClN3O3/c1-5-28(14-9-17-31(4)26(34)27(2,35)21-10-7-6-8-11-21)15-18-32(19-16-28)22-12-13-23(24(29)20-22)25(33)30-3/h6-8,10-13,20,35H,5,9,14-19H2,1-4H3,(H,30,33)/t27-/m1/s1. The molecule has 1 atom stereocenters. The third-order valence-electron chi connectivity index (χ3n) is 7.66. The maximum Gasteiger partial charge on any atom is 0.258 e. The van der Waals surface area contributed by atoms with E-state index in [9.17, 15) is 14.7 Å². The zero-order chi connectivity index (χ0) is 25.6. The van der Waals surface area contributed by atoms with E-state index in [0.29, 0.717) is 22.7 Å². The average Bonchev–Trinajstić information content (AvgIpc) is 2.88. The molecule has 0 spiro atoms. The smallest absolute Gasteiger partial charge is 0.258 e. The summed E-state index contributed by atoms with van der Waals surface area (Å²) in [4.78, 5) is 28.8. The lowest BCUT2D eigenvalue weighted by molar-refractivity contribution is -0.149. The van der Waals surface area contributed by atoms with Crippen LogP contribution in [-0.2, 0) is 10.4 Å². The van der Waals surface area contributed by atoms with Crippen LogP contribution in [-0.4, -0.2) is 55.6 Å². The van der Waals surface area contributed by atoms with Crippen molar-refractivity contribution in [2.24, 2.45) is 5.41 Å². The van der Waals surface area contributed by atoms with Gasteiger partial charge in [0.15, 0.2) is 5.60 Å². The number of aliphatic hydroxyl groups is 1. The first-order valence-electron chi connectivity index (χ1n) is 12.4. The van der Waals surface area contributed by atoms with Crippen LogP contribution in [0.4, 0.5) is 5.69 Å². The van der Waals surface area contributed by atoms with Crippen LogP contribution >= 0.6 is 11.6 Å². The number of nitrogens with zero attached hydrogens (tertiary/aromatic N) is 2. The molecular weight excluding hydrogens is 462 g/mol. The van der Waals surface area contributed by atoms with Crippen LogP contribution in [0.1, 0.15) is 61.9 Å². The first kappa shape index (κ1) is 27.0. The van der Waals surface area contributed by atoms with Gasteiger partial charge in [0.1, 0.15) is 0 Å². The molecule has 1 aliphatic rings. The Morgan fingerprint density at radius 1 is 1.17 bits per heavy atom. The largest absolute Gasteiger partial charge is 0.376 e. The first-order chi connectivity index (χ1) is 16.6. The second kappa shape index (κ2) is 11.4. The van der Waals surface area contributed by atoms with Gasteiger partial charge in [0.2, 0.25) is 0 Å². The van der Waals surface area contributed by atoms with Gasteiger partial charge in [-0.3, -0.25) is 9.59 Å². The van der Waals surface area contributed by atoms with Crippen molar-refractivity contribution in [1.29, 1.82) is 0 Å². The molecule has 0 bridgehead atoms. The normalized spacial score (nSPS) is 16.9. The number of hydrogen-bond donors (Lipinski definition) is 2. The summed E-state index contributed by atoms with van der Waals surface area (Å²) in [6.45, 7) is 6.30. The molecule has 1 heterocycles. The van der Waals surface area contributed by atoms with E-state index in [1.807, 2.05) is 30.3 Å². The van der Waals surface area contributed by atoms with Crippen molar-refractivity contribution in [3.63, 3.8) is 0 Å². The second-order valence-electron chi connectivity index (χ2n) is 9.85. The lowest BCUT2D eigenvalue weighted by Crippen LogP contribution is -2.44. The van der Waals surface area contributed by atoms with Crippen molar-refractivity contribution >= 4 is 29.1 Å². The van der Waals surface area contributed by atoms with Crippen molar-refractivity contribution in [2.45, 2.75) is 51.6 Å². The van der Waals surface area contributed by atoms with Crippen molar-refractivity contribution in [3.8, 4) is 0 Å². The molecule has 2 amide bonds. The predicted octanol–water partition coefficient (Wildman–Crippen LogP) is 4.84. The molecule has 3 rings (SSSR count). The van der Waals surface area contributed by atoms with Crippen molar-refractivity contribution in [2.75, 3.05) is 38.6 Å². The molecule has 1 saturated heterocycles. The van der Waals surface area contributed by atoms with Crippen LogP contribution in [0.25, 0.3) is 0 Å². The van der Waals surface area contributed by atoms with Gasteiger partial charge in [-0.15, -0.1) is 0 Å². The molecule has 6 nitrogen and oxygen atoms in total. The number of amides is 2. The monoisotopic (exact) mass is 499 g/mol. The van der Waals surface area contributed by atoms with E-state index in [0.717, 1.165) is 50.9 Å². The summed E-state index contributed by atoms with van der Waals surface area (Å²) in [6, 6.07) is 14.7. The Balaban J connectivity index is 1.54. The zero-order valence-electron chi connectivity index (χ0n) is 21.3. The molecule has 0 aromatic heterocycles. The number of carbonyl (C=O) groups excluding carboxylic acids is 2. The van der Waals surface area contributed by atoms with Crippen LogP contribution < -0.4 is 10.2 Å². The summed E-state index contributed by atoms with van der Waals surface area (Å²) in [7, 11) is 3.37. The molecular formula is C28H38ClN3O3. The highest BCUT2D eigenvalue weighted by Gasteiger charge is 2.36. The Morgan fingerprint density at radius 3 is 2.40 bits per heavy atom. The minimum absolute atomic E-state index is 0.182. The van der Waals surface area contributed by atoms with Gasteiger partial charge >= 0.3 is 0 Å². The highest BCUT2D eigenvalue weighted by Crippen LogP contribution is 2.41. The molecule has 2 N–H and O–H groups in total. The Kier molecular flexibility index (Phi) is 8.84. The molecule has 0 saturated carbocycles. The maximum absolute atomic E-state index is 12.9. The number of benzene rings is 2. The molecule has 2 aromatic carbocycles. The molecule has 0 unspecified atom stereocenters. The molecule has 7 heteroatoms. The fourth-order valence-corrected chi connectivity index (χ4v) is 5.35. The van der Waals surface area contributed by atoms with E-state index in [-0.39, 0.29) is 17.2 Å². The number of hydrogen-bond acceptors (Lipinski definition) is 4. The van der Waals surface area contributed by atoms with Gasteiger partial charge in [-0.25, -0.2) is 0 Å². The zero-order valence-corrected chi connectivity index (χ0v) is 22.1. The Morgan fingerprint density at radius 2 is 1.83 bits per heavy atom. The predicted molar refractivity (Wildman–Crippen MR) is 142 cm³/mol. The summed E-state index contributed by atoms with van der Waals surface area (Å²) in [5.74, 6) is -0.458. The van der Waals surface area contributed by atoms with Crippen molar-refractivity contribution < 1.29 is 14.7 Å². The minimum atomic E-state index is -1.53. The summed E-state index contributed by atoms with van der Waals surface area (Å²) in [5, 5.41) is 13.9. The quantitative estimate of drug-likeness (QED) is 0.517. The summed E-state index contributed by atoms with van der Waals surface area (Å²) in [6.07, 6.45) is 5.17. The van der Waals surface area contributed by atoms with Crippen LogP contribution in [0.15, 0.2) is 48.5 Å². The minimum Gasteiger partial charge on any atom is -0.376 e. The number of anilines is 1. The number of nitrogens with one attached hydrogen (secondary N) is 1. The van der Waals surface area contributed by atoms with Gasteiger partial charge in [0.05, 0.1) is 10.6 Å². The Bertz CT molecular complexity index is 1020. The van der Waals surface area contributed by atoms with Gasteiger partial charge in [0, 0.05) is 39.4 Å². The second-order valence-corrected chi connectivity index (χ2v) is 10.3. The van der Waals surface area contributed by atoms with Crippen LogP contribution in [0.5, 0.6) is 0 Å². The number of likely N-dealkylation sites (N-methyl/N-ethyl adjacent to an activating group) is 1. The van der Waals surface area contributed by atoms with E-state index in [4.69, 9.17) is 11.6 Å². The lowest BCUT2D eigenvalue weighted by atomic mass is 9.72. The van der Waals surface area contributed by atoms with Gasteiger partial charge in [-0.2, -0.15) is 0 Å². The lowest BCUT2D eigenvalue weighted by Gasteiger charge is -2.43. The van der Waals surface area contributed by atoms with E-state index < -0.39 is 5.60 Å². The first-order valence-corrected chi connectivity index (χ1v) is 12.8. The number of halogens is 1. The van der Waals surface area contributed by atoms with E-state index in [1.165, 1.54) is 0 Å². The topological polar surface area (TPSA) is 72.9 Å². The third-order valence-corrected chi connectivity index (χ3v) is 7.98. The van der Waals surface area contributed by atoms with E-state index in [1.54, 1.807) is 44.1 Å². The summed E-state index contributed by atoms with van der Waals surface area (Å²) >= 11 is 6.36. The van der Waals surface area contributed by atoms with Crippen LogP contribution in [0.3, 0.4) is 0 Å². The molecule has 0 radical (unpaired) electrons. The molecule has 2 aromatic rings. The van der Waals surface area contributed by atoms with Gasteiger partial charge < -0.3 is 20.2 Å². The van der Waals surface area contributed by atoms with Crippen molar-refractivity contribution in [1.82, 2.24) is 10.2 Å². The average molecular weight is 500 g/mol. The molecule has 0 aliphatic carbocycles. The van der Waals surface area contributed by atoms with E-state index >= 15 is 0 Å². The fourth-order valence-electron chi connectivity index (χ4n) is 5.09. The van der Waals surface area contributed by atoms with Crippen LogP contribution in [0.2, 0.25) is 5.02 Å². The number of rotatable bonds is 9. The molecule has 1 fully saturated rings. The van der Waals surface area contributed by atoms with Gasteiger partial charge in [0.25, 0.3) is 11.8 Å². The molecule has 1 aliphatic heterocycles. The van der Waals surface area contributed by atoms with Crippen LogP contribution in [0, 0.1) is 5.41 Å². The van der Waals surface area contributed by atoms with E-state index in [2.05, 4.69) is 17.1 Å². The van der Waals surface area contributed by atoms with Gasteiger partial charge in [-0.05, 0) is 61.8 Å². The number of piperidine rings is 1. The molecule has 190 valence electrons. The Labute approximate surface area is 214 Å². The van der Waals surface area contributed by atoms with Gasteiger partial charge in [-0.1, -0.05) is 55.3 Å².